The summed E-state index contributed by atoms with van der Waals surface area (Å²) < 4.78 is 15.4. The van der Waals surface area contributed by atoms with Crippen LogP contribution in [0.5, 0.6) is 11.5 Å². The molecule has 0 bridgehead atoms. The average Bonchev–Trinajstić information content (AvgIpc) is 2.64. The third-order valence-electron chi connectivity index (χ3n) is 3.26. The second kappa shape index (κ2) is 8.53. The van der Waals surface area contributed by atoms with Crippen LogP contribution in [-0.2, 0) is 9.53 Å². The molecular formula is C19H18O5. The number of ketones is 1. The Morgan fingerprint density at radius 1 is 1.00 bits per heavy atom. The Balaban J connectivity index is 2.06. The highest BCUT2D eigenvalue weighted by molar-refractivity contribution is 5.97. The molecule has 0 radical (unpaired) electrons. The summed E-state index contributed by atoms with van der Waals surface area (Å²) in [5.74, 6) is 0.370. The lowest BCUT2D eigenvalue weighted by Gasteiger charge is -2.11. The summed E-state index contributed by atoms with van der Waals surface area (Å²) in [5, 5.41) is 0. The molecule has 0 fully saturated rings. The first-order valence-corrected chi connectivity index (χ1v) is 7.29. The van der Waals surface area contributed by atoms with Gasteiger partial charge in [0, 0.05) is 11.6 Å². The van der Waals surface area contributed by atoms with E-state index in [-0.39, 0.29) is 12.4 Å². The van der Waals surface area contributed by atoms with Gasteiger partial charge in [-0.25, -0.2) is 4.79 Å². The number of rotatable bonds is 7. The van der Waals surface area contributed by atoms with Crippen molar-refractivity contribution in [2.24, 2.45) is 0 Å². The Morgan fingerprint density at radius 2 is 1.75 bits per heavy atom. The average molecular weight is 326 g/mol. The van der Waals surface area contributed by atoms with Crippen molar-refractivity contribution in [2.45, 2.75) is 0 Å². The lowest BCUT2D eigenvalue weighted by Crippen LogP contribution is -2.11. The van der Waals surface area contributed by atoms with Crippen molar-refractivity contribution in [2.75, 3.05) is 20.8 Å². The SMILES string of the molecule is COC(=O)/C=C/c1ccc(OCC(=O)c2ccccc2)c(OC)c1. The van der Waals surface area contributed by atoms with E-state index in [4.69, 9.17) is 9.47 Å². The number of benzene rings is 2. The van der Waals surface area contributed by atoms with E-state index in [0.29, 0.717) is 17.1 Å². The van der Waals surface area contributed by atoms with Gasteiger partial charge in [-0.1, -0.05) is 36.4 Å². The van der Waals surface area contributed by atoms with Crippen LogP contribution < -0.4 is 9.47 Å². The summed E-state index contributed by atoms with van der Waals surface area (Å²) in [6.45, 7) is -0.0856. The van der Waals surface area contributed by atoms with Crippen LogP contribution in [0.15, 0.2) is 54.6 Å². The molecule has 0 amide bonds. The second-order valence-electron chi connectivity index (χ2n) is 4.84. The predicted octanol–water partition coefficient (Wildman–Crippen LogP) is 3.14. The van der Waals surface area contributed by atoms with Gasteiger partial charge >= 0.3 is 5.97 Å². The molecule has 0 saturated heterocycles. The van der Waals surface area contributed by atoms with Crippen molar-refractivity contribution in [3.63, 3.8) is 0 Å². The Labute approximate surface area is 140 Å². The van der Waals surface area contributed by atoms with Gasteiger partial charge in [-0.05, 0) is 23.8 Å². The second-order valence-corrected chi connectivity index (χ2v) is 4.84. The number of hydrogen-bond acceptors (Lipinski definition) is 5. The number of hydrogen-bond donors (Lipinski definition) is 0. The molecule has 0 saturated carbocycles. The molecule has 0 aliphatic carbocycles. The van der Waals surface area contributed by atoms with Crippen LogP contribution in [-0.4, -0.2) is 32.6 Å². The minimum absolute atomic E-state index is 0.0856. The Kier molecular flexibility index (Phi) is 6.14. The van der Waals surface area contributed by atoms with E-state index in [1.54, 1.807) is 48.5 Å². The molecule has 0 N–H and O–H groups in total. The van der Waals surface area contributed by atoms with Gasteiger partial charge in [0.1, 0.15) is 0 Å². The van der Waals surface area contributed by atoms with E-state index in [1.807, 2.05) is 6.07 Å². The molecule has 124 valence electrons. The van der Waals surface area contributed by atoms with E-state index in [0.717, 1.165) is 5.56 Å². The highest BCUT2D eigenvalue weighted by Gasteiger charge is 2.10. The Bertz CT molecular complexity index is 735. The molecule has 5 nitrogen and oxygen atoms in total. The number of carbonyl (C=O) groups excluding carboxylic acids is 2. The first kappa shape index (κ1) is 17.3. The number of Topliss-reactive ketones (excluding diaryl/α,β-unsaturated/α-hetero) is 1. The van der Waals surface area contributed by atoms with Crippen LogP contribution in [0.25, 0.3) is 6.08 Å². The molecule has 2 rings (SSSR count). The lowest BCUT2D eigenvalue weighted by atomic mass is 10.1. The fraction of sp³-hybridized carbons (Fsp3) is 0.158. The van der Waals surface area contributed by atoms with Crippen LogP contribution in [0.2, 0.25) is 0 Å². The molecule has 0 aromatic heterocycles. The van der Waals surface area contributed by atoms with Gasteiger partial charge in [0.2, 0.25) is 0 Å². The van der Waals surface area contributed by atoms with Crippen molar-refractivity contribution in [1.29, 1.82) is 0 Å². The zero-order valence-corrected chi connectivity index (χ0v) is 13.5. The van der Waals surface area contributed by atoms with Crippen LogP contribution in [0.3, 0.4) is 0 Å². The maximum absolute atomic E-state index is 12.1. The molecule has 2 aromatic carbocycles. The summed E-state index contributed by atoms with van der Waals surface area (Å²) in [6, 6.07) is 14.1. The van der Waals surface area contributed by atoms with Crippen molar-refractivity contribution >= 4 is 17.8 Å². The maximum atomic E-state index is 12.1. The highest BCUT2D eigenvalue weighted by Crippen LogP contribution is 2.28. The van der Waals surface area contributed by atoms with Gasteiger partial charge in [0.15, 0.2) is 23.9 Å². The fourth-order valence-electron chi connectivity index (χ4n) is 1.99. The first-order chi connectivity index (χ1) is 11.6. The molecule has 0 aliphatic heterocycles. The quantitative estimate of drug-likeness (QED) is 0.444. The van der Waals surface area contributed by atoms with Gasteiger partial charge in [-0.15, -0.1) is 0 Å². The molecule has 0 aliphatic rings. The van der Waals surface area contributed by atoms with Gasteiger partial charge in [0.05, 0.1) is 14.2 Å². The first-order valence-electron chi connectivity index (χ1n) is 7.29. The van der Waals surface area contributed by atoms with E-state index in [2.05, 4.69) is 4.74 Å². The van der Waals surface area contributed by atoms with Gasteiger partial charge in [-0.3, -0.25) is 4.79 Å². The Hall–Kier alpha value is -3.08. The van der Waals surface area contributed by atoms with E-state index >= 15 is 0 Å². The van der Waals surface area contributed by atoms with Crippen LogP contribution in [0.1, 0.15) is 15.9 Å². The maximum Gasteiger partial charge on any atom is 0.330 e. The summed E-state index contributed by atoms with van der Waals surface area (Å²) in [6.07, 6.45) is 2.92. The monoisotopic (exact) mass is 326 g/mol. The summed E-state index contributed by atoms with van der Waals surface area (Å²) >= 11 is 0. The van der Waals surface area contributed by atoms with Crippen molar-refractivity contribution in [3.05, 3.63) is 65.7 Å². The van der Waals surface area contributed by atoms with Crippen LogP contribution in [0.4, 0.5) is 0 Å². The smallest absolute Gasteiger partial charge is 0.330 e. The molecule has 0 heterocycles. The largest absolute Gasteiger partial charge is 0.493 e. The van der Waals surface area contributed by atoms with Crippen LogP contribution in [0, 0.1) is 0 Å². The standard InChI is InChI=1S/C19H18O5/c1-22-18-12-14(9-11-19(21)23-2)8-10-17(18)24-13-16(20)15-6-4-3-5-7-15/h3-12H,13H2,1-2H3/b11-9+. The molecule has 5 heteroatoms. The molecule has 0 spiro atoms. The van der Waals surface area contributed by atoms with Crippen LogP contribution >= 0.6 is 0 Å². The van der Waals surface area contributed by atoms with Crippen molar-refractivity contribution in [3.8, 4) is 11.5 Å². The molecule has 24 heavy (non-hydrogen) atoms. The zero-order chi connectivity index (χ0) is 17.4. The zero-order valence-electron chi connectivity index (χ0n) is 13.5. The number of carbonyl (C=O) groups is 2. The van der Waals surface area contributed by atoms with Crippen molar-refractivity contribution in [1.82, 2.24) is 0 Å². The summed E-state index contributed by atoms with van der Waals surface area (Å²) in [4.78, 5) is 23.2. The fourth-order valence-corrected chi connectivity index (χ4v) is 1.99. The lowest BCUT2D eigenvalue weighted by molar-refractivity contribution is -0.134. The van der Waals surface area contributed by atoms with E-state index in [1.165, 1.54) is 20.3 Å². The minimum atomic E-state index is -0.442. The normalized spacial score (nSPS) is 10.4. The number of esters is 1. The molecule has 0 unspecified atom stereocenters. The van der Waals surface area contributed by atoms with E-state index in [9.17, 15) is 9.59 Å². The highest BCUT2D eigenvalue weighted by atomic mass is 16.5. The summed E-state index contributed by atoms with van der Waals surface area (Å²) in [7, 11) is 2.82. The minimum Gasteiger partial charge on any atom is -0.493 e. The molecule has 2 aromatic rings. The predicted molar refractivity (Wildman–Crippen MR) is 90.3 cm³/mol. The van der Waals surface area contributed by atoms with Gasteiger partial charge in [0.25, 0.3) is 0 Å². The van der Waals surface area contributed by atoms with E-state index < -0.39 is 5.97 Å². The summed E-state index contributed by atoms with van der Waals surface area (Å²) in [5.41, 5.74) is 1.34. The topological polar surface area (TPSA) is 61.8 Å². The molecular weight excluding hydrogens is 308 g/mol. The van der Waals surface area contributed by atoms with Gasteiger partial charge in [-0.2, -0.15) is 0 Å². The molecule has 0 atom stereocenters. The van der Waals surface area contributed by atoms with Gasteiger partial charge < -0.3 is 14.2 Å². The number of ether oxygens (including phenoxy) is 3. The third kappa shape index (κ3) is 4.71. The Morgan fingerprint density at radius 3 is 2.42 bits per heavy atom. The number of methoxy groups -OCH3 is 2. The van der Waals surface area contributed by atoms with Crippen molar-refractivity contribution < 1.29 is 23.8 Å². The third-order valence-corrected chi connectivity index (χ3v) is 3.26.